The first kappa shape index (κ1) is 16.2. The van der Waals surface area contributed by atoms with E-state index in [1.165, 1.54) is 29.5 Å². The smallest absolute Gasteiger partial charge is 0.0159 e. The van der Waals surface area contributed by atoms with E-state index in [1.807, 2.05) is 0 Å². The van der Waals surface area contributed by atoms with Crippen molar-refractivity contribution in [2.45, 2.75) is 66.8 Å². The van der Waals surface area contributed by atoms with E-state index in [-0.39, 0.29) is 0 Å². The van der Waals surface area contributed by atoms with E-state index in [2.05, 4.69) is 65.1 Å². The summed E-state index contributed by atoms with van der Waals surface area (Å²) in [6, 6.07) is 7.18. The summed E-state index contributed by atoms with van der Waals surface area (Å²) in [4.78, 5) is 0. The molecular formula is C18H31N. The lowest BCUT2D eigenvalue weighted by atomic mass is 9.78. The highest BCUT2D eigenvalue weighted by molar-refractivity contribution is 5.34. The van der Waals surface area contributed by atoms with Crippen molar-refractivity contribution in [1.82, 2.24) is 5.32 Å². The second-order valence-electron chi connectivity index (χ2n) is 6.42. The molecule has 0 saturated heterocycles. The van der Waals surface area contributed by atoms with Gasteiger partial charge < -0.3 is 5.32 Å². The molecule has 1 unspecified atom stereocenters. The van der Waals surface area contributed by atoms with Crippen molar-refractivity contribution in [2.75, 3.05) is 6.54 Å². The van der Waals surface area contributed by atoms with Crippen LogP contribution >= 0.6 is 0 Å². The van der Waals surface area contributed by atoms with Crippen LogP contribution < -0.4 is 5.32 Å². The molecule has 1 nitrogen and oxygen atoms in total. The summed E-state index contributed by atoms with van der Waals surface area (Å²) in [5.41, 5.74) is 4.72. The standard InChI is InChI=1S/C18H31N/c1-7-12-19-17(18(5,6)8-2)13-16-14(3)10-9-11-15(16)4/h9-11,17,19H,7-8,12-13H2,1-6H3. The van der Waals surface area contributed by atoms with Gasteiger partial charge in [0.05, 0.1) is 0 Å². The van der Waals surface area contributed by atoms with Gasteiger partial charge in [0.25, 0.3) is 0 Å². The van der Waals surface area contributed by atoms with Crippen LogP contribution in [0.4, 0.5) is 0 Å². The van der Waals surface area contributed by atoms with Crippen molar-refractivity contribution >= 4 is 0 Å². The zero-order chi connectivity index (χ0) is 14.5. The van der Waals surface area contributed by atoms with E-state index in [9.17, 15) is 0 Å². The van der Waals surface area contributed by atoms with Gasteiger partial charge in [-0.3, -0.25) is 0 Å². The lowest BCUT2D eigenvalue weighted by molar-refractivity contribution is 0.230. The summed E-state index contributed by atoms with van der Waals surface area (Å²) in [7, 11) is 0. The van der Waals surface area contributed by atoms with Crippen molar-refractivity contribution in [3.05, 3.63) is 34.9 Å². The molecule has 0 bridgehead atoms. The first-order valence-electron chi connectivity index (χ1n) is 7.70. The second kappa shape index (κ2) is 7.09. The van der Waals surface area contributed by atoms with Crippen LogP contribution in [0.5, 0.6) is 0 Å². The highest BCUT2D eigenvalue weighted by atomic mass is 14.9. The predicted octanol–water partition coefficient (Wildman–Crippen LogP) is 4.65. The Morgan fingerprint density at radius 2 is 1.68 bits per heavy atom. The Bertz CT molecular complexity index is 372. The molecule has 19 heavy (non-hydrogen) atoms. The summed E-state index contributed by atoms with van der Waals surface area (Å²) in [5, 5.41) is 3.76. The van der Waals surface area contributed by atoms with Gasteiger partial charge in [-0.05, 0) is 61.8 Å². The lowest BCUT2D eigenvalue weighted by Crippen LogP contribution is -2.43. The Morgan fingerprint density at radius 3 is 2.16 bits per heavy atom. The van der Waals surface area contributed by atoms with Gasteiger partial charge in [-0.1, -0.05) is 45.9 Å². The van der Waals surface area contributed by atoms with Crippen LogP contribution in [0.3, 0.4) is 0 Å². The van der Waals surface area contributed by atoms with Crippen molar-refractivity contribution in [3.8, 4) is 0 Å². The zero-order valence-electron chi connectivity index (χ0n) is 13.6. The summed E-state index contributed by atoms with van der Waals surface area (Å²) < 4.78 is 0. The van der Waals surface area contributed by atoms with Crippen LogP contribution in [0.25, 0.3) is 0 Å². The van der Waals surface area contributed by atoms with Crippen LogP contribution in [0.15, 0.2) is 18.2 Å². The molecule has 0 spiro atoms. The number of aryl methyl sites for hydroxylation is 2. The van der Waals surface area contributed by atoms with Crippen molar-refractivity contribution < 1.29 is 0 Å². The minimum absolute atomic E-state index is 0.337. The Hall–Kier alpha value is -0.820. The molecule has 0 aromatic heterocycles. The predicted molar refractivity (Wildman–Crippen MR) is 85.8 cm³/mol. The van der Waals surface area contributed by atoms with Crippen molar-refractivity contribution in [3.63, 3.8) is 0 Å². The molecule has 108 valence electrons. The number of nitrogens with one attached hydrogen (secondary N) is 1. The molecule has 0 aliphatic carbocycles. The fourth-order valence-corrected chi connectivity index (χ4v) is 2.56. The van der Waals surface area contributed by atoms with Gasteiger partial charge in [-0.15, -0.1) is 0 Å². The number of hydrogen-bond donors (Lipinski definition) is 1. The average molecular weight is 261 g/mol. The molecule has 0 heterocycles. The van der Waals surface area contributed by atoms with Gasteiger partial charge in [0, 0.05) is 6.04 Å². The molecule has 1 N–H and O–H groups in total. The number of hydrogen-bond acceptors (Lipinski definition) is 1. The maximum absolute atomic E-state index is 3.76. The molecule has 0 amide bonds. The number of benzene rings is 1. The summed E-state index contributed by atoms with van der Waals surface area (Å²) in [6.45, 7) is 14.9. The third kappa shape index (κ3) is 4.35. The minimum Gasteiger partial charge on any atom is -0.313 e. The normalized spacial score (nSPS) is 13.6. The Balaban J connectivity index is 2.94. The van der Waals surface area contributed by atoms with E-state index in [0.29, 0.717) is 11.5 Å². The highest BCUT2D eigenvalue weighted by Crippen LogP contribution is 2.29. The number of rotatable bonds is 7. The third-order valence-corrected chi connectivity index (χ3v) is 4.55. The SMILES string of the molecule is CCCNC(Cc1c(C)cccc1C)C(C)(C)CC. The quantitative estimate of drug-likeness (QED) is 0.753. The van der Waals surface area contributed by atoms with E-state index in [4.69, 9.17) is 0 Å². The fraction of sp³-hybridized carbons (Fsp3) is 0.667. The molecular weight excluding hydrogens is 230 g/mol. The monoisotopic (exact) mass is 261 g/mol. The maximum Gasteiger partial charge on any atom is 0.0159 e. The second-order valence-corrected chi connectivity index (χ2v) is 6.42. The Morgan fingerprint density at radius 1 is 1.11 bits per heavy atom. The van der Waals surface area contributed by atoms with Crippen LogP contribution in [0.2, 0.25) is 0 Å². The van der Waals surface area contributed by atoms with Gasteiger partial charge in [-0.25, -0.2) is 0 Å². The summed E-state index contributed by atoms with van der Waals surface area (Å²) in [5.74, 6) is 0. The molecule has 0 radical (unpaired) electrons. The average Bonchev–Trinajstić information content (AvgIpc) is 2.37. The molecule has 1 aromatic rings. The third-order valence-electron chi connectivity index (χ3n) is 4.55. The van der Waals surface area contributed by atoms with Gasteiger partial charge in [0.15, 0.2) is 0 Å². The Kier molecular flexibility index (Phi) is 6.06. The largest absolute Gasteiger partial charge is 0.313 e. The molecule has 0 fully saturated rings. The van der Waals surface area contributed by atoms with Crippen LogP contribution in [-0.4, -0.2) is 12.6 Å². The van der Waals surface area contributed by atoms with E-state index >= 15 is 0 Å². The topological polar surface area (TPSA) is 12.0 Å². The molecule has 1 rings (SSSR count). The zero-order valence-corrected chi connectivity index (χ0v) is 13.6. The highest BCUT2D eigenvalue weighted by Gasteiger charge is 2.27. The van der Waals surface area contributed by atoms with E-state index < -0.39 is 0 Å². The van der Waals surface area contributed by atoms with Gasteiger partial charge in [0.1, 0.15) is 0 Å². The molecule has 1 heteroatoms. The van der Waals surface area contributed by atoms with Gasteiger partial charge in [-0.2, -0.15) is 0 Å². The van der Waals surface area contributed by atoms with Crippen molar-refractivity contribution in [2.24, 2.45) is 5.41 Å². The lowest BCUT2D eigenvalue weighted by Gasteiger charge is -2.35. The fourth-order valence-electron chi connectivity index (χ4n) is 2.56. The van der Waals surface area contributed by atoms with Crippen LogP contribution in [0, 0.1) is 19.3 Å². The van der Waals surface area contributed by atoms with Crippen LogP contribution in [-0.2, 0) is 6.42 Å². The molecule has 1 aromatic carbocycles. The minimum atomic E-state index is 0.337. The molecule has 0 saturated carbocycles. The van der Waals surface area contributed by atoms with Gasteiger partial charge >= 0.3 is 0 Å². The van der Waals surface area contributed by atoms with Crippen LogP contribution in [0.1, 0.15) is 57.2 Å². The molecule has 0 aliphatic rings. The van der Waals surface area contributed by atoms with Crippen molar-refractivity contribution in [1.29, 1.82) is 0 Å². The van der Waals surface area contributed by atoms with E-state index in [1.54, 1.807) is 0 Å². The Labute approximate surface area is 119 Å². The first-order valence-corrected chi connectivity index (χ1v) is 7.70. The first-order chi connectivity index (χ1) is 8.92. The molecule has 0 aliphatic heterocycles. The maximum atomic E-state index is 3.76. The van der Waals surface area contributed by atoms with E-state index in [0.717, 1.165) is 13.0 Å². The molecule has 1 atom stereocenters. The van der Waals surface area contributed by atoms with Gasteiger partial charge in [0.2, 0.25) is 0 Å². The summed E-state index contributed by atoms with van der Waals surface area (Å²) >= 11 is 0. The summed E-state index contributed by atoms with van der Waals surface area (Å²) in [6.07, 6.45) is 3.54.